The molecule has 28 heavy (non-hydrogen) atoms. The molecule has 1 saturated carbocycles. The molecule has 0 spiro atoms. The van der Waals surface area contributed by atoms with Gasteiger partial charge in [0.25, 0.3) is 0 Å². The van der Waals surface area contributed by atoms with Crippen molar-refractivity contribution in [2.24, 2.45) is 18.0 Å². The number of guanidine groups is 1. The summed E-state index contributed by atoms with van der Waals surface area (Å²) in [4.78, 5) is 19.5. The second-order valence-corrected chi connectivity index (χ2v) is 8.14. The zero-order chi connectivity index (χ0) is 19.8. The third-order valence-electron chi connectivity index (χ3n) is 5.79. The highest BCUT2D eigenvalue weighted by Gasteiger charge is 2.31. The van der Waals surface area contributed by atoms with Crippen LogP contribution in [0.4, 0.5) is 0 Å². The minimum absolute atomic E-state index is 0.266. The normalized spacial score (nSPS) is 21.1. The number of aryl methyl sites for hydroxylation is 2. The number of carbonyl (C=O) groups excluding carboxylic acids is 1. The molecule has 1 atom stereocenters. The maximum Gasteiger partial charge on any atom is 0.225 e. The molecule has 2 heterocycles. The van der Waals surface area contributed by atoms with Crippen molar-refractivity contribution in [3.05, 3.63) is 18.0 Å². The van der Waals surface area contributed by atoms with Crippen molar-refractivity contribution >= 4 is 11.9 Å². The fourth-order valence-corrected chi connectivity index (χ4v) is 4.27. The third-order valence-corrected chi connectivity index (χ3v) is 5.79. The van der Waals surface area contributed by atoms with Crippen LogP contribution >= 0.6 is 0 Å². The molecule has 7 nitrogen and oxygen atoms in total. The van der Waals surface area contributed by atoms with Crippen molar-refractivity contribution in [2.45, 2.75) is 64.3 Å². The van der Waals surface area contributed by atoms with E-state index in [1.165, 1.54) is 24.8 Å². The number of hydrogen-bond acceptors (Lipinski definition) is 3. The van der Waals surface area contributed by atoms with Gasteiger partial charge in [0, 0.05) is 51.4 Å². The van der Waals surface area contributed by atoms with Crippen LogP contribution in [0, 0.1) is 5.92 Å². The smallest absolute Gasteiger partial charge is 0.225 e. The number of hydrogen-bond donors (Lipinski definition) is 2. The highest BCUT2D eigenvalue weighted by molar-refractivity contribution is 5.81. The minimum atomic E-state index is 0.266. The number of nitrogens with one attached hydrogen (secondary N) is 2. The van der Waals surface area contributed by atoms with Crippen molar-refractivity contribution in [1.29, 1.82) is 0 Å². The van der Waals surface area contributed by atoms with Gasteiger partial charge in [-0.25, -0.2) is 0 Å². The monoisotopic (exact) mass is 388 g/mol. The van der Waals surface area contributed by atoms with Gasteiger partial charge in [0.1, 0.15) is 0 Å². The maximum atomic E-state index is 12.8. The Bertz CT molecular complexity index is 649. The summed E-state index contributed by atoms with van der Waals surface area (Å²) >= 11 is 0. The predicted molar refractivity (Wildman–Crippen MR) is 112 cm³/mol. The van der Waals surface area contributed by atoms with Crippen molar-refractivity contribution in [1.82, 2.24) is 25.3 Å². The molecular formula is C21H36N6O. The van der Waals surface area contributed by atoms with Crippen LogP contribution in [-0.4, -0.2) is 58.8 Å². The lowest BCUT2D eigenvalue weighted by Crippen LogP contribution is -2.45. The van der Waals surface area contributed by atoms with Gasteiger partial charge < -0.3 is 15.5 Å². The Morgan fingerprint density at radius 1 is 1.29 bits per heavy atom. The lowest BCUT2D eigenvalue weighted by Gasteiger charge is -2.26. The molecule has 1 aromatic rings. The van der Waals surface area contributed by atoms with Gasteiger partial charge in [-0.05, 0) is 44.6 Å². The molecule has 1 unspecified atom stereocenters. The number of nitrogens with zero attached hydrogens (tertiary/aromatic N) is 4. The molecule has 0 aromatic carbocycles. The number of rotatable bonds is 7. The first kappa shape index (κ1) is 20.7. The van der Waals surface area contributed by atoms with Crippen molar-refractivity contribution < 1.29 is 4.79 Å². The molecule has 1 amide bonds. The van der Waals surface area contributed by atoms with Crippen LogP contribution in [0.15, 0.2) is 17.4 Å². The Labute approximate surface area is 169 Å². The molecule has 0 bridgehead atoms. The highest BCUT2D eigenvalue weighted by atomic mass is 16.2. The Kier molecular flexibility index (Phi) is 7.74. The first-order valence-corrected chi connectivity index (χ1v) is 11.0. The Morgan fingerprint density at radius 3 is 2.82 bits per heavy atom. The lowest BCUT2D eigenvalue weighted by atomic mass is 9.88. The standard InChI is InChI=1S/C21H36N6O/c1-3-22-21(23-12-7-8-17-14-24-26(2)15-17)25-19-11-13-27(16-19)20(28)18-9-5-4-6-10-18/h14-15,18-19H,3-13,16H2,1-2H3,(H2,22,23,25). The van der Waals surface area contributed by atoms with Gasteiger partial charge in [0.2, 0.25) is 5.91 Å². The fraction of sp³-hybridized carbons (Fsp3) is 0.762. The summed E-state index contributed by atoms with van der Waals surface area (Å²) in [7, 11) is 1.94. The lowest BCUT2D eigenvalue weighted by molar-refractivity contribution is -0.135. The van der Waals surface area contributed by atoms with E-state index in [9.17, 15) is 4.79 Å². The van der Waals surface area contributed by atoms with Crippen LogP contribution in [0.25, 0.3) is 0 Å². The number of amides is 1. The number of aromatic nitrogens is 2. The predicted octanol–water partition coefficient (Wildman–Crippen LogP) is 2.09. The van der Waals surface area contributed by atoms with E-state index < -0.39 is 0 Å². The Balaban J connectivity index is 1.43. The second kappa shape index (κ2) is 10.5. The summed E-state index contributed by atoms with van der Waals surface area (Å²) in [5, 5.41) is 11.1. The van der Waals surface area contributed by atoms with Crippen molar-refractivity contribution in [3.63, 3.8) is 0 Å². The molecule has 7 heteroatoms. The second-order valence-electron chi connectivity index (χ2n) is 8.14. The van der Waals surface area contributed by atoms with Crippen LogP contribution < -0.4 is 10.6 Å². The topological polar surface area (TPSA) is 74.6 Å². The van der Waals surface area contributed by atoms with E-state index in [-0.39, 0.29) is 5.92 Å². The fourth-order valence-electron chi connectivity index (χ4n) is 4.27. The summed E-state index contributed by atoms with van der Waals surface area (Å²) in [5.74, 6) is 1.51. The zero-order valence-electron chi connectivity index (χ0n) is 17.5. The van der Waals surface area contributed by atoms with E-state index in [0.29, 0.717) is 11.9 Å². The van der Waals surface area contributed by atoms with Crippen molar-refractivity contribution in [3.8, 4) is 0 Å². The van der Waals surface area contributed by atoms with Gasteiger partial charge in [0.15, 0.2) is 5.96 Å². The molecule has 1 aliphatic carbocycles. The average Bonchev–Trinajstić information content (AvgIpc) is 3.34. The Hall–Kier alpha value is -2.05. The summed E-state index contributed by atoms with van der Waals surface area (Å²) in [6.45, 7) is 5.37. The number of likely N-dealkylation sites (tertiary alicyclic amines) is 1. The molecule has 156 valence electrons. The third kappa shape index (κ3) is 5.97. The van der Waals surface area contributed by atoms with E-state index in [4.69, 9.17) is 4.99 Å². The highest BCUT2D eigenvalue weighted by Crippen LogP contribution is 2.26. The van der Waals surface area contributed by atoms with Crippen LogP contribution in [0.5, 0.6) is 0 Å². The quantitative estimate of drug-likeness (QED) is 0.426. The maximum absolute atomic E-state index is 12.8. The SMILES string of the molecule is CCNC(=NCCCc1cnn(C)c1)NC1CCN(C(=O)C2CCCCC2)C1. The van der Waals surface area contributed by atoms with Crippen LogP contribution in [0.1, 0.15) is 57.4 Å². The van der Waals surface area contributed by atoms with Crippen molar-refractivity contribution in [2.75, 3.05) is 26.2 Å². The zero-order valence-corrected chi connectivity index (χ0v) is 17.5. The average molecular weight is 389 g/mol. The van der Waals surface area contributed by atoms with E-state index in [1.807, 2.05) is 17.9 Å². The molecule has 2 fully saturated rings. The number of aliphatic imine (C=N–C) groups is 1. The van der Waals surface area contributed by atoms with E-state index in [1.54, 1.807) is 0 Å². The molecule has 1 aliphatic heterocycles. The molecule has 0 radical (unpaired) electrons. The van der Waals surface area contributed by atoms with E-state index in [0.717, 1.165) is 64.2 Å². The molecular weight excluding hydrogens is 352 g/mol. The minimum Gasteiger partial charge on any atom is -0.357 e. The molecule has 1 saturated heterocycles. The summed E-state index contributed by atoms with van der Waals surface area (Å²) in [6, 6.07) is 0.295. The van der Waals surface area contributed by atoms with Crippen LogP contribution in [0.3, 0.4) is 0 Å². The molecule has 2 aliphatic rings. The van der Waals surface area contributed by atoms with Crippen LogP contribution in [-0.2, 0) is 18.3 Å². The largest absolute Gasteiger partial charge is 0.357 e. The van der Waals surface area contributed by atoms with Gasteiger partial charge in [-0.15, -0.1) is 0 Å². The Morgan fingerprint density at radius 2 is 2.11 bits per heavy atom. The number of carbonyl (C=O) groups is 1. The van der Waals surface area contributed by atoms with E-state index in [2.05, 4.69) is 33.8 Å². The summed E-state index contributed by atoms with van der Waals surface area (Å²) in [6.07, 6.45) is 12.8. The summed E-state index contributed by atoms with van der Waals surface area (Å²) in [5.41, 5.74) is 1.25. The van der Waals surface area contributed by atoms with Gasteiger partial charge in [-0.3, -0.25) is 14.5 Å². The molecule has 3 rings (SSSR count). The first-order chi connectivity index (χ1) is 13.7. The van der Waals surface area contributed by atoms with E-state index >= 15 is 0 Å². The molecule has 2 N–H and O–H groups in total. The van der Waals surface area contributed by atoms with Crippen LogP contribution in [0.2, 0.25) is 0 Å². The summed E-state index contributed by atoms with van der Waals surface area (Å²) < 4.78 is 1.84. The molecule has 1 aromatic heterocycles. The van der Waals surface area contributed by atoms with Gasteiger partial charge in [-0.2, -0.15) is 5.10 Å². The van der Waals surface area contributed by atoms with Gasteiger partial charge in [-0.1, -0.05) is 19.3 Å². The van der Waals surface area contributed by atoms with Gasteiger partial charge in [0.05, 0.1) is 6.20 Å². The first-order valence-electron chi connectivity index (χ1n) is 11.0. The van der Waals surface area contributed by atoms with Gasteiger partial charge >= 0.3 is 0 Å².